The molecule has 104 valence electrons. The van der Waals surface area contributed by atoms with Crippen molar-refractivity contribution in [3.63, 3.8) is 0 Å². The monoisotopic (exact) mass is 276 g/mol. The van der Waals surface area contributed by atoms with E-state index in [1.807, 2.05) is 0 Å². The van der Waals surface area contributed by atoms with Gasteiger partial charge in [0.2, 0.25) is 0 Å². The van der Waals surface area contributed by atoms with Crippen molar-refractivity contribution < 1.29 is 28.2 Å². The van der Waals surface area contributed by atoms with Crippen molar-refractivity contribution in [3.8, 4) is 0 Å². The van der Waals surface area contributed by atoms with Crippen LogP contribution in [0.3, 0.4) is 0 Å². The van der Waals surface area contributed by atoms with Crippen LogP contribution in [0.5, 0.6) is 0 Å². The second-order valence-corrected chi connectivity index (χ2v) is 4.30. The topological polar surface area (TPSA) is 73.7 Å². The van der Waals surface area contributed by atoms with Crippen LogP contribution in [0.2, 0.25) is 0 Å². The lowest BCUT2D eigenvalue weighted by atomic mass is 10.2. The number of halogens is 3. The van der Waals surface area contributed by atoms with Gasteiger partial charge in [0.1, 0.15) is 11.9 Å². The lowest BCUT2D eigenvalue weighted by molar-refractivity contribution is -0.139. The van der Waals surface area contributed by atoms with Gasteiger partial charge in [-0.25, -0.2) is 9.78 Å². The van der Waals surface area contributed by atoms with E-state index in [-0.39, 0.29) is 18.8 Å². The molecule has 0 spiro atoms. The summed E-state index contributed by atoms with van der Waals surface area (Å²) in [6.45, 7) is 0.0370. The lowest BCUT2D eigenvalue weighted by Crippen LogP contribution is -2.36. The summed E-state index contributed by atoms with van der Waals surface area (Å²) in [6.07, 6.45) is -4.63. The van der Waals surface area contributed by atoms with Gasteiger partial charge in [-0.05, 0) is 12.1 Å². The Kier molecular flexibility index (Phi) is 3.36. The number of hydrogen-bond donors (Lipinski definition) is 2. The quantitative estimate of drug-likeness (QED) is 0.847. The molecule has 0 unspecified atom stereocenters. The van der Waals surface area contributed by atoms with E-state index in [0.717, 1.165) is 12.1 Å². The molecular weight excluding hydrogens is 265 g/mol. The maximum Gasteiger partial charge on any atom is 0.417 e. The first-order valence-corrected chi connectivity index (χ1v) is 5.50. The van der Waals surface area contributed by atoms with E-state index in [1.165, 1.54) is 4.90 Å². The van der Waals surface area contributed by atoms with Gasteiger partial charge in [-0.2, -0.15) is 13.2 Å². The highest BCUT2D eigenvalue weighted by Gasteiger charge is 2.37. The van der Waals surface area contributed by atoms with Crippen molar-refractivity contribution in [1.29, 1.82) is 0 Å². The van der Waals surface area contributed by atoms with Crippen LogP contribution >= 0.6 is 0 Å². The molecule has 1 aliphatic rings. The van der Waals surface area contributed by atoms with E-state index >= 15 is 0 Å². The lowest BCUT2D eigenvalue weighted by Gasteiger charge is -2.22. The van der Waals surface area contributed by atoms with Crippen LogP contribution in [0.4, 0.5) is 19.0 Å². The molecule has 2 rings (SSSR count). The number of carboxylic acids is 1. The summed E-state index contributed by atoms with van der Waals surface area (Å²) < 4.78 is 37.1. The summed E-state index contributed by atoms with van der Waals surface area (Å²) in [5.41, 5.74) is -0.900. The Morgan fingerprint density at radius 2 is 2.11 bits per heavy atom. The van der Waals surface area contributed by atoms with Crippen LogP contribution in [0.25, 0.3) is 0 Å². The number of aliphatic carboxylic acids is 1. The molecule has 1 aromatic rings. The highest BCUT2D eigenvalue weighted by molar-refractivity contribution is 5.78. The van der Waals surface area contributed by atoms with E-state index < -0.39 is 29.9 Å². The van der Waals surface area contributed by atoms with E-state index in [4.69, 9.17) is 5.11 Å². The SMILES string of the molecule is O=C(O)[C@@H]1C[C@@H](O)CN1c1ccc(C(F)(F)F)cn1. The van der Waals surface area contributed by atoms with E-state index in [0.29, 0.717) is 6.20 Å². The number of aliphatic hydroxyl groups is 1. The standard InChI is InChI=1S/C11H11F3N2O3/c12-11(13,14)6-1-2-9(15-4-6)16-5-7(17)3-8(16)10(18)19/h1-2,4,7-8,17H,3,5H2,(H,18,19)/t7-,8+/m1/s1. The minimum Gasteiger partial charge on any atom is -0.480 e. The Morgan fingerprint density at radius 3 is 2.58 bits per heavy atom. The third-order valence-electron chi connectivity index (χ3n) is 2.93. The molecule has 2 heterocycles. The van der Waals surface area contributed by atoms with Crippen molar-refractivity contribution in [1.82, 2.24) is 4.98 Å². The summed E-state index contributed by atoms with van der Waals surface area (Å²) >= 11 is 0. The van der Waals surface area contributed by atoms with Gasteiger partial charge in [-0.15, -0.1) is 0 Å². The van der Waals surface area contributed by atoms with Gasteiger partial charge in [-0.1, -0.05) is 0 Å². The molecule has 1 aliphatic heterocycles. The molecular formula is C11H11F3N2O3. The fourth-order valence-corrected chi connectivity index (χ4v) is 2.02. The summed E-state index contributed by atoms with van der Waals surface area (Å²) in [4.78, 5) is 15.9. The largest absolute Gasteiger partial charge is 0.480 e. The smallest absolute Gasteiger partial charge is 0.417 e. The van der Waals surface area contributed by atoms with Crippen LogP contribution in [0.15, 0.2) is 18.3 Å². The molecule has 0 saturated carbocycles. The van der Waals surface area contributed by atoms with Gasteiger partial charge in [0.15, 0.2) is 0 Å². The van der Waals surface area contributed by atoms with Gasteiger partial charge in [0.05, 0.1) is 11.7 Å². The second kappa shape index (κ2) is 4.69. The first kappa shape index (κ1) is 13.6. The van der Waals surface area contributed by atoms with E-state index in [1.54, 1.807) is 0 Å². The van der Waals surface area contributed by atoms with Crippen LogP contribution in [-0.4, -0.2) is 39.9 Å². The Bertz CT molecular complexity index is 475. The zero-order valence-corrected chi connectivity index (χ0v) is 9.63. The fraction of sp³-hybridized carbons (Fsp3) is 0.455. The van der Waals surface area contributed by atoms with Crippen molar-refractivity contribution in [2.45, 2.75) is 24.7 Å². The summed E-state index contributed by atoms with van der Waals surface area (Å²) in [7, 11) is 0. The van der Waals surface area contributed by atoms with Gasteiger partial charge in [0.25, 0.3) is 0 Å². The van der Waals surface area contributed by atoms with Crippen molar-refractivity contribution in [2.75, 3.05) is 11.4 Å². The zero-order valence-electron chi connectivity index (χ0n) is 9.63. The first-order chi connectivity index (χ1) is 8.79. The third kappa shape index (κ3) is 2.78. The molecule has 0 bridgehead atoms. The average molecular weight is 276 g/mol. The number of anilines is 1. The van der Waals surface area contributed by atoms with Crippen molar-refractivity contribution in [2.24, 2.45) is 0 Å². The molecule has 19 heavy (non-hydrogen) atoms. The third-order valence-corrected chi connectivity index (χ3v) is 2.93. The van der Waals surface area contributed by atoms with Crippen molar-refractivity contribution in [3.05, 3.63) is 23.9 Å². The molecule has 2 atom stereocenters. The fourth-order valence-electron chi connectivity index (χ4n) is 2.02. The van der Waals surface area contributed by atoms with Crippen LogP contribution in [0, 0.1) is 0 Å². The van der Waals surface area contributed by atoms with Gasteiger partial charge < -0.3 is 15.1 Å². The minimum absolute atomic E-state index is 0.0258. The highest BCUT2D eigenvalue weighted by atomic mass is 19.4. The number of rotatable bonds is 2. The molecule has 0 radical (unpaired) electrons. The molecule has 0 aliphatic carbocycles. The van der Waals surface area contributed by atoms with E-state index in [9.17, 15) is 23.1 Å². The number of aromatic nitrogens is 1. The maximum atomic E-state index is 12.4. The summed E-state index contributed by atoms with van der Waals surface area (Å²) in [5.74, 6) is -1.03. The molecule has 1 fully saturated rings. The molecule has 5 nitrogen and oxygen atoms in total. The van der Waals surface area contributed by atoms with Crippen LogP contribution in [-0.2, 0) is 11.0 Å². The summed E-state index contributed by atoms with van der Waals surface area (Å²) in [5, 5.41) is 18.4. The van der Waals surface area contributed by atoms with Gasteiger partial charge in [-0.3, -0.25) is 0 Å². The Labute approximate surface area is 106 Å². The molecule has 1 aromatic heterocycles. The van der Waals surface area contributed by atoms with Gasteiger partial charge >= 0.3 is 12.1 Å². The van der Waals surface area contributed by atoms with E-state index in [2.05, 4.69) is 4.98 Å². The van der Waals surface area contributed by atoms with Gasteiger partial charge in [0, 0.05) is 19.2 Å². The number of β-amino-alcohol motifs (C(OH)–C–C–N with tert-alkyl or cyclic N) is 1. The predicted molar refractivity (Wildman–Crippen MR) is 58.6 cm³/mol. The zero-order chi connectivity index (χ0) is 14.2. The first-order valence-electron chi connectivity index (χ1n) is 5.50. The van der Waals surface area contributed by atoms with Crippen LogP contribution in [0.1, 0.15) is 12.0 Å². The number of carboxylic acid groups (broad SMARTS) is 1. The predicted octanol–water partition coefficient (Wildman–Crippen LogP) is 1.12. The van der Waals surface area contributed by atoms with Crippen molar-refractivity contribution >= 4 is 11.8 Å². The maximum absolute atomic E-state index is 12.4. The highest BCUT2D eigenvalue weighted by Crippen LogP contribution is 2.30. The Morgan fingerprint density at radius 1 is 1.42 bits per heavy atom. The number of carbonyl (C=O) groups is 1. The summed E-state index contributed by atoms with van der Waals surface area (Å²) in [6, 6.07) is 0.974. The van der Waals surface area contributed by atoms with Crippen LogP contribution < -0.4 is 4.90 Å². The molecule has 8 heteroatoms. The average Bonchev–Trinajstić information content (AvgIpc) is 2.70. The number of pyridine rings is 1. The second-order valence-electron chi connectivity index (χ2n) is 4.30. The Balaban J connectivity index is 2.24. The molecule has 1 saturated heterocycles. The number of nitrogens with zero attached hydrogens (tertiary/aromatic N) is 2. The molecule has 0 amide bonds. The normalized spacial score (nSPS) is 23.7. The number of hydrogen-bond acceptors (Lipinski definition) is 4. The minimum atomic E-state index is -4.48. The molecule has 2 N–H and O–H groups in total. The Hall–Kier alpha value is -1.83. The molecule has 0 aromatic carbocycles. The number of aliphatic hydroxyl groups excluding tert-OH is 1. The number of alkyl halides is 3.